The lowest BCUT2D eigenvalue weighted by Gasteiger charge is -2.37. The van der Waals surface area contributed by atoms with Crippen LogP contribution in [0, 0.1) is 11.3 Å². The van der Waals surface area contributed by atoms with Gasteiger partial charge in [-0.1, -0.05) is 18.2 Å². The highest BCUT2D eigenvalue weighted by molar-refractivity contribution is 5.94. The minimum atomic E-state index is -0.143. The largest absolute Gasteiger partial charge is 0.379 e. The Morgan fingerprint density at radius 3 is 2.78 bits per heavy atom. The second-order valence-electron chi connectivity index (χ2n) is 6.53. The number of hydrogen-bond acceptors (Lipinski definition) is 6. The van der Waals surface area contributed by atoms with Crippen LogP contribution in [0.2, 0.25) is 0 Å². The van der Waals surface area contributed by atoms with Gasteiger partial charge in [-0.05, 0) is 29.8 Å². The fourth-order valence-electron chi connectivity index (χ4n) is 3.39. The van der Waals surface area contributed by atoms with E-state index >= 15 is 0 Å². The molecule has 1 fully saturated rings. The van der Waals surface area contributed by atoms with E-state index in [0.29, 0.717) is 31.0 Å². The predicted molar refractivity (Wildman–Crippen MR) is 99.5 cm³/mol. The quantitative estimate of drug-likeness (QED) is 0.830. The normalized spacial score (nSPS) is 21.6. The molecule has 0 aromatic heterocycles. The van der Waals surface area contributed by atoms with E-state index in [4.69, 9.17) is 10.00 Å². The molecular formula is C20H21N5O2. The molecular weight excluding hydrogens is 342 g/mol. The van der Waals surface area contributed by atoms with Crippen LogP contribution in [0.25, 0.3) is 0 Å². The Balaban J connectivity index is 1.46. The molecule has 0 saturated carbocycles. The van der Waals surface area contributed by atoms with Gasteiger partial charge in [-0.2, -0.15) is 5.26 Å². The van der Waals surface area contributed by atoms with Crippen LogP contribution in [-0.4, -0.2) is 48.3 Å². The first kappa shape index (κ1) is 17.3. The summed E-state index contributed by atoms with van der Waals surface area (Å²) in [5.41, 5.74) is 2.99. The number of ether oxygens (including phenoxy) is 1. The number of allylic oxidation sites excluding steroid dienone is 3. The Kier molecular flexibility index (Phi) is 4.92. The highest BCUT2D eigenvalue weighted by Crippen LogP contribution is 2.27. The smallest absolute Gasteiger partial charge is 0.269 e. The third-order valence-corrected chi connectivity index (χ3v) is 4.84. The van der Waals surface area contributed by atoms with E-state index in [9.17, 15) is 4.79 Å². The molecule has 1 saturated heterocycles. The average Bonchev–Trinajstić information content (AvgIpc) is 3.13. The molecule has 0 spiro atoms. The van der Waals surface area contributed by atoms with Crippen LogP contribution in [0.4, 0.5) is 0 Å². The summed E-state index contributed by atoms with van der Waals surface area (Å²) in [4.78, 5) is 17.2. The standard InChI is InChI=1S/C20H21N5O2/c21-13-15-4-6-16(7-5-15)14-22-19(26)18-17-3-1-2-8-25(17)20(23-18)24-9-11-27-12-10-24/h1-8,20,23H,9-12,14H2,(H,22,26). The molecule has 1 atom stereocenters. The summed E-state index contributed by atoms with van der Waals surface area (Å²) >= 11 is 0. The molecule has 0 radical (unpaired) electrons. The van der Waals surface area contributed by atoms with E-state index in [2.05, 4.69) is 26.5 Å². The van der Waals surface area contributed by atoms with Crippen LogP contribution in [0.3, 0.4) is 0 Å². The molecule has 138 valence electrons. The molecule has 7 heteroatoms. The van der Waals surface area contributed by atoms with Crippen LogP contribution in [0.5, 0.6) is 0 Å². The van der Waals surface area contributed by atoms with Gasteiger partial charge in [0.25, 0.3) is 5.91 Å². The topological polar surface area (TPSA) is 80.6 Å². The van der Waals surface area contributed by atoms with E-state index in [1.165, 1.54) is 0 Å². The van der Waals surface area contributed by atoms with Gasteiger partial charge in [-0.25, -0.2) is 0 Å². The second-order valence-corrected chi connectivity index (χ2v) is 6.53. The van der Waals surface area contributed by atoms with Crippen LogP contribution in [-0.2, 0) is 16.1 Å². The van der Waals surface area contributed by atoms with Crippen molar-refractivity contribution in [3.05, 3.63) is 71.2 Å². The van der Waals surface area contributed by atoms with E-state index in [1.54, 1.807) is 12.1 Å². The molecule has 7 nitrogen and oxygen atoms in total. The second kappa shape index (κ2) is 7.66. The monoisotopic (exact) mass is 363 g/mol. The number of nitrogens with one attached hydrogen (secondary N) is 2. The van der Waals surface area contributed by atoms with Crippen molar-refractivity contribution in [1.29, 1.82) is 5.26 Å². The van der Waals surface area contributed by atoms with E-state index in [0.717, 1.165) is 24.4 Å². The van der Waals surface area contributed by atoms with Crippen molar-refractivity contribution in [2.24, 2.45) is 0 Å². The summed E-state index contributed by atoms with van der Waals surface area (Å²) in [6.07, 6.45) is 7.76. The summed E-state index contributed by atoms with van der Waals surface area (Å²) in [7, 11) is 0. The third-order valence-electron chi connectivity index (χ3n) is 4.84. The molecule has 1 aromatic carbocycles. The van der Waals surface area contributed by atoms with Crippen molar-refractivity contribution in [1.82, 2.24) is 20.4 Å². The van der Waals surface area contributed by atoms with Crippen molar-refractivity contribution in [2.75, 3.05) is 26.3 Å². The van der Waals surface area contributed by atoms with Crippen LogP contribution in [0.15, 0.2) is 60.1 Å². The van der Waals surface area contributed by atoms with Crippen molar-refractivity contribution in [3.8, 4) is 6.07 Å². The van der Waals surface area contributed by atoms with Gasteiger partial charge in [0.15, 0.2) is 6.29 Å². The lowest BCUT2D eigenvalue weighted by molar-refractivity contribution is -0.118. The highest BCUT2D eigenvalue weighted by Gasteiger charge is 2.36. The Bertz CT molecular complexity index is 844. The van der Waals surface area contributed by atoms with Crippen molar-refractivity contribution in [3.63, 3.8) is 0 Å². The Morgan fingerprint density at radius 1 is 1.26 bits per heavy atom. The molecule has 4 rings (SSSR count). The maximum absolute atomic E-state index is 12.8. The summed E-state index contributed by atoms with van der Waals surface area (Å²) < 4.78 is 5.44. The number of rotatable bonds is 4. The lowest BCUT2D eigenvalue weighted by Crippen LogP contribution is -2.54. The summed E-state index contributed by atoms with van der Waals surface area (Å²) in [6.45, 7) is 3.44. The Hall–Kier alpha value is -3.08. The van der Waals surface area contributed by atoms with Crippen molar-refractivity contribution >= 4 is 5.91 Å². The first-order chi connectivity index (χ1) is 13.3. The minimum absolute atomic E-state index is 0.0826. The summed E-state index contributed by atoms with van der Waals surface area (Å²) in [5, 5.41) is 15.2. The molecule has 27 heavy (non-hydrogen) atoms. The van der Waals surface area contributed by atoms with Crippen LogP contribution in [0.1, 0.15) is 11.1 Å². The maximum Gasteiger partial charge on any atom is 0.269 e. The number of fused-ring (bicyclic) bond motifs is 1. The molecule has 0 bridgehead atoms. The van der Waals surface area contributed by atoms with Gasteiger partial charge in [-0.15, -0.1) is 0 Å². The first-order valence-corrected chi connectivity index (χ1v) is 8.99. The zero-order chi connectivity index (χ0) is 18.6. The molecule has 2 N–H and O–H groups in total. The number of carbonyl (C=O) groups excluding carboxylic acids is 1. The van der Waals surface area contributed by atoms with Gasteiger partial charge < -0.3 is 20.3 Å². The zero-order valence-electron chi connectivity index (χ0n) is 14.9. The highest BCUT2D eigenvalue weighted by atomic mass is 16.5. The molecule has 3 aliphatic heterocycles. The summed E-state index contributed by atoms with van der Waals surface area (Å²) in [6, 6.07) is 9.30. The Morgan fingerprint density at radius 2 is 2.04 bits per heavy atom. The van der Waals surface area contributed by atoms with E-state index in [1.807, 2.05) is 36.6 Å². The number of amides is 1. The number of morpholine rings is 1. The fourth-order valence-corrected chi connectivity index (χ4v) is 3.39. The van der Waals surface area contributed by atoms with Gasteiger partial charge in [0.2, 0.25) is 0 Å². The maximum atomic E-state index is 12.8. The first-order valence-electron chi connectivity index (χ1n) is 8.99. The molecule has 3 aliphatic rings. The van der Waals surface area contributed by atoms with Gasteiger partial charge >= 0.3 is 0 Å². The number of nitrogens with zero attached hydrogens (tertiary/aromatic N) is 3. The fraction of sp³-hybridized carbons (Fsp3) is 0.300. The van der Waals surface area contributed by atoms with Crippen LogP contribution < -0.4 is 10.6 Å². The SMILES string of the molecule is N#Cc1ccc(CNC(=O)C2=C3C=CC=CN3C(N3CCOCC3)N2)cc1. The lowest BCUT2D eigenvalue weighted by atomic mass is 10.1. The molecule has 1 unspecified atom stereocenters. The third kappa shape index (κ3) is 3.58. The van der Waals surface area contributed by atoms with E-state index < -0.39 is 0 Å². The van der Waals surface area contributed by atoms with Gasteiger partial charge in [0.1, 0.15) is 5.70 Å². The van der Waals surface area contributed by atoms with Gasteiger partial charge in [-0.3, -0.25) is 9.69 Å². The van der Waals surface area contributed by atoms with Crippen molar-refractivity contribution < 1.29 is 9.53 Å². The molecule has 1 aromatic rings. The number of carbonyl (C=O) groups is 1. The van der Waals surface area contributed by atoms with E-state index in [-0.39, 0.29) is 12.2 Å². The van der Waals surface area contributed by atoms with Gasteiger partial charge in [0.05, 0.1) is 30.5 Å². The number of benzene rings is 1. The average molecular weight is 363 g/mol. The van der Waals surface area contributed by atoms with Gasteiger partial charge in [0, 0.05) is 25.8 Å². The molecule has 3 heterocycles. The minimum Gasteiger partial charge on any atom is -0.379 e. The predicted octanol–water partition coefficient (Wildman–Crippen LogP) is 0.991. The van der Waals surface area contributed by atoms with Crippen molar-refractivity contribution in [2.45, 2.75) is 12.8 Å². The number of nitriles is 1. The molecule has 0 aliphatic carbocycles. The molecule has 1 amide bonds. The zero-order valence-corrected chi connectivity index (χ0v) is 14.9. The number of hydrogen-bond donors (Lipinski definition) is 2. The Labute approximate surface area is 158 Å². The van der Waals surface area contributed by atoms with Crippen LogP contribution >= 0.6 is 0 Å². The summed E-state index contributed by atoms with van der Waals surface area (Å²) in [5.74, 6) is -0.143.